The zero-order chi connectivity index (χ0) is 26.3. The highest BCUT2D eigenvalue weighted by atomic mass is 16.4. The van der Waals surface area contributed by atoms with Crippen molar-refractivity contribution in [1.29, 1.82) is 0 Å². The zero-order valence-corrected chi connectivity index (χ0v) is 21.5. The lowest BCUT2D eigenvalue weighted by molar-refractivity contribution is -0.149. The molecule has 0 aliphatic heterocycles. The maximum Gasteiger partial charge on any atom is 0.394 e. The molecule has 0 radical (unpaired) electrons. The van der Waals surface area contributed by atoms with E-state index in [9.17, 15) is 24.3 Å². The number of anilines is 2. The van der Waals surface area contributed by atoms with Gasteiger partial charge in [-0.05, 0) is 98.5 Å². The number of carbonyl (C=O) groups excluding carboxylic acids is 2. The van der Waals surface area contributed by atoms with Gasteiger partial charge in [0.1, 0.15) is 0 Å². The van der Waals surface area contributed by atoms with E-state index in [1.807, 2.05) is 0 Å². The summed E-state index contributed by atoms with van der Waals surface area (Å²) >= 11 is 0. The fraction of sp³-hybridized carbons (Fsp3) is 0.655. The highest BCUT2D eigenvalue weighted by Crippen LogP contribution is 2.56. The number of nitrogens with one attached hydrogen (secondary N) is 1. The normalized spacial score (nSPS) is 34.7. The minimum absolute atomic E-state index is 0.131. The molecule has 5 rings (SSSR count). The van der Waals surface area contributed by atoms with Crippen LogP contribution in [0.3, 0.4) is 0 Å². The zero-order valence-electron chi connectivity index (χ0n) is 21.5. The molecule has 1 aromatic carbocycles. The molecule has 1 aromatic rings. The number of aliphatic carboxylic acids is 2. The number of carbonyl (C=O) groups is 4. The van der Waals surface area contributed by atoms with Crippen molar-refractivity contribution < 1.29 is 29.4 Å². The summed E-state index contributed by atoms with van der Waals surface area (Å²) in [5.74, 6) is -0.724. The van der Waals surface area contributed by atoms with Crippen LogP contribution in [0.15, 0.2) is 24.3 Å². The van der Waals surface area contributed by atoms with Gasteiger partial charge in [0.2, 0.25) is 0 Å². The van der Waals surface area contributed by atoms with Crippen LogP contribution in [-0.4, -0.2) is 40.0 Å². The van der Waals surface area contributed by atoms with Crippen molar-refractivity contribution in [3.8, 4) is 0 Å². The minimum Gasteiger partial charge on any atom is -0.474 e. The van der Waals surface area contributed by atoms with Crippen LogP contribution in [0.4, 0.5) is 11.4 Å². The minimum atomic E-state index is -1.65. The summed E-state index contributed by atoms with van der Waals surface area (Å²) in [6.07, 6.45) is 11.6. The summed E-state index contributed by atoms with van der Waals surface area (Å²) in [6.45, 7) is 2.39. The Balaban J connectivity index is 1.41. The number of hydrogen-bond donors (Lipinski definition) is 3. The molecule has 0 saturated heterocycles. The van der Waals surface area contributed by atoms with Gasteiger partial charge in [-0.3, -0.25) is 14.5 Å². The number of amides is 2. The van der Waals surface area contributed by atoms with Crippen LogP contribution < -0.4 is 10.2 Å². The molecule has 200 valence electrons. The second kappa shape index (κ2) is 10.5. The Kier molecular flexibility index (Phi) is 7.28. The molecule has 0 aromatic heterocycles. The first-order chi connectivity index (χ1) is 17.7. The Morgan fingerprint density at radius 1 is 0.811 bits per heavy atom. The maximum absolute atomic E-state index is 13.1. The van der Waals surface area contributed by atoms with Gasteiger partial charge >= 0.3 is 23.8 Å². The second-order valence-electron chi connectivity index (χ2n) is 12.2. The van der Waals surface area contributed by atoms with Crippen molar-refractivity contribution in [3.63, 3.8) is 0 Å². The van der Waals surface area contributed by atoms with Gasteiger partial charge in [0.05, 0.1) is 11.4 Å². The van der Waals surface area contributed by atoms with E-state index >= 15 is 0 Å². The molecular weight excluding hydrogens is 472 g/mol. The Labute approximate surface area is 217 Å². The van der Waals surface area contributed by atoms with Crippen LogP contribution >= 0.6 is 0 Å². The molecule has 8 nitrogen and oxygen atoms in total. The summed E-state index contributed by atoms with van der Waals surface area (Å²) < 4.78 is 0. The lowest BCUT2D eigenvalue weighted by Gasteiger charge is -2.54. The third-order valence-electron chi connectivity index (χ3n) is 9.72. The number of fused-ring (bicyclic) bond motifs is 4. The molecule has 8 atom stereocenters. The van der Waals surface area contributed by atoms with Gasteiger partial charge in [-0.2, -0.15) is 0 Å². The molecule has 4 fully saturated rings. The number of carboxylic acid groups (broad SMARTS) is 2. The van der Waals surface area contributed by atoms with Gasteiger partial charge in [-0.1, -0.05) is 38.3 Å². The fourth-order valence-electron chi connectivity index (χ4n) is 8.83. The van der Waals surface area contributed by atoms with Crippen LogP contribution in [0.1, 0.15) is 71.1 Å². The molecule has 8 heteroatoms. The fourth-order valence-corrected chi connectivity index (χ4v) is 8.83. The standard InChI is InChI=1S/C29H38N2O6/c1-16-9-17-11-18(10-16)13-21(12-17)25-19-5-4-6-20(25)15-22(14-19)31(27(33)29(36)37)24-8-3-2-7-23(24)30-26(32)28(34)35/h2-3,7-8,16-22,25H,4-6,9-15H2,1H3,(H,30,32)(H,34,35)(H,36,37)/t16?,17-,18+,19-,20+,21?,22?,25?. The SMILES string of the molecule is CC1C[C@@H]2CC(C3[C@@H]4CCC[C@H]3CC(N(C(=O)C(=O)O)c3ccccc3NC(=O)C(=O)O)C4)C[C@H](C1)C2. The first-order valence-corrected chi connectivity index (χ1v) is 13.9. The van der Waals surface area contributed by atoms with E-state index in [0.717, 1.165) is 49.4 Å². The van der Waals surface area contributed by atoms with Crippen LogP contribution in [0.2, 0.25) is 0 Å². The first-order valence-electron chi connectivity index (χ1n) is 13.9. The predicted octanol–water partition coefficient (Wildman–Crippen LogP) is 4.78. The smallest absolute Gasteiger partial charge is 0.394 e. The number of carboxylic acids is 2. The monoisotopic (exact) mass is 510 g/mol. The summed E-state index contributed by atoms with van der Waals surface area (Å²) in [7, 11) is 0. The van der Waals surface area contributed by atoms with Crippen LogP contribution in [0, 0.1) is 41.4 Å². The molecule has 0 heterocycles. The van der Waals surface area contributed by atoms with E-state index in [1.54, 1.807) is 18.2 Å². The molecule has 4 unspecified atom stereocenters. The van der Waals surface area contributed by atoms with E-state index < -0.39 is 23.8 Å². The summed E-state index contributed by atoms with van der Waals surface area (Å²) in [6, 6.07) is 6.08. The highest BCUT2D eigenvalue weighted by Gasteiger charge is 2.49. The summed E-state index contributed by atoms with van der Waals surface area (Å²) in [5.41, 5.74) is 0.373. The highest BCUT2D eigenvalue weighted by molar-refractivity contribution is 6.39. The number of benzene rings is 1. The van der Waals surface area contributed by atoms with E-state index in [-0.39, 0.29) is 17.4 Å². The quantitative estimate of drug-likeness (QED) is 0.501. The Morgan fingerprint density at radius 3 is 2.03 bits per heavy atom. The molecule has 4 aliphatic carbocycles. The van der Waals surface area contributed by atoms with Crippen molar-refractivity contribution in [2.75, 3.05) is 10.2 Å². The number of para-hydroxylation sites is 2. The van der Waals surface area contributed by atoms with Crippen molar-refractivity contribution >= 4 is 35.1 Å². The molecule has 37 heavy (non-hydrogen) atoms. The average Bonchev–Trinajstić information content (AvgIpc) is 2.83. The average molecular weight is 511 g/mol. The van der Waals surface area contributed by atoms with Gasteiger partial charge < -0.3 is 15.5 Å². The van der Waals surface area contributed by atoms with Gasteiger partial charge in [-0.15, -0.1) is 0 Å². The molecular formula is C29H38N2O6. The Hall–Kier alpha value is -2.90. The predicted molar refractivity (Wildman–Crippen MR) is 138 cm³/mol. The van der Waals surface area contributed by atoms with Crippen molar-refractivity contribution in [1.82, 2.24) is 0 Å². The third-order valence-corrected chi connectivity index (χ3v) is 9.72. The molecule has 3 N–H and O–H groups in total. The topological polar surface area (TPSA) is 124 Å². The van der Waals surface area contributed by atoms with E-state index in [2.05, 4.69) is 12.2 Å². The second-order valence-corrected chi connectivity index (χ2v) is 12.2. The number of rotatable bonds is 4. The van der Waals surface area contributed by atoms with E-state index in [0.29, 0.717) is 17.8 Å². The summed E-state index contributed by atoms with van der Waals surface area (Å²) in [4.78, 5) is 49.4. The molecule has 0 spiro atoms. The van der Waals surface area contributed by atoms with Crippen LogP contribution in [-0.2, 0) is 19.2 Å². The Bertz CT molecular complexity index is 1040. The van der Waals surface area contributed by atoms with Gasteiger partial charge in [0.25, 0.3) is 0 Å². The number of hydrogen-bond acceptors (Lipinski definition) is 4. The van der Waals surface area contributed by atoms with E-state index in [4.69, 9.17) is 5.11 Å². The van der Waals surface area contributed by atoms with Gasteiger partial charge in [0.15, 0.2) is 0 Å². The lowest BCUT2D eigenvalue weighted by atomic mass is 9.53. The third kappa shape index (κ3) is 5.25. The largest absolute Gasteiger partial charge is 0.474 e. The molecule has 4 aliphatic rings. The molecule has 4 bridgehead atoms. The molecule has 2 amide bonds. The van der Waals surface area contributed by atoms with Crippen molar-refractivity contribution in [2.45, 2.75) is 77.2 Å². The number of nitrogens with zero attached hydrogens (tertiary/aromatic N) is 1. The van der Waals surface area contributed by atoms with E-state index in [1.165, 1.54) is 49.5 Å². The summed E-state index contributed by atoms with van der Waals surface area (Å²) in [5, 5.41) is 21.1. The van der Waals surface area contributed by atoms with Gasteiger partial charge in [0, 0.05) is 6.04 Å². The lowest BCUT2D eigenvalue weighted by Crippen LogP contribution is -2.53. The van der Waals surface area contributed by atoms with Crippen molar-refractivity contribution in [3.05, 3.63) is 24.3 Å². The molecule has 4 saturated carbocycles. The maximum atomic E-state index is 13.1. The Morgan fingerprint density at radius 2 is 1.43 bits per heavy atom. The van der Waals surface area contributed by atoms with Crippen LogP contribution in [0.25, 0.3) is 0 Å². The first kappa shape index (κ1) is 25.7. The van der Waals surface area contributed by atoms with Gasteiger partial charge in [-0.25, -0.2) is 9.59 Å². The van der Waals surface area contributed by atoms with Crippen molar-refractivity contribution in [2.24, 2.45) is 41.4 Å². The van der Waals surface area contributed by atoms with Crippen LogP contribution in [0.5, 0.6) is 0 Å².